The molecule has 0 radical (unpaired) electrons. The van der Waals surface area contributed by atoms with Crippen LogP contribution in [0.15, 0.2) is 24.5 Å². The average molecular weight is 399 g/mol. The number of benzene rings is 1. The molecule has 0 fully saturated rings. The molecule has 2 N–H and O–H groups in total. The van der Waals surface area contributed by atoms with Crippen LogP contribution in [0.2, 0.25) is 0 Å². The Hall–Kier alpha value is -2.34. The summed E-state index contributed by atoms with van der Waals surface area (Å²) in [5.41, 5.74) is 9.21. The first-order chi connectivity index (χ1) is 13.7. The predicted octanol–water partition coefficient (Wildman–Crippen LogP) is 4.08. The standard InChI is InChI=1S/C22H27N3O2S/c1-3-26-17-10-9-15(13-18(17)27-4-2)11-12-25-14-24-22-20(21(25)23)16-7-5-6-8-19(16)28-22/h9-10,13-14,23H,3-8,11-12H2,1-2H3/p+1. The van der Waals surface area contributed by atoms with Crippen molar-refractivity contribution >= 4 is 27.4 Å². The first kappa shape index (κ1) is 19.0. The van der Waals surface area contributed by atoms with Gasteiger partial charge in [-0.1, -0.05) is 11.1 Å². The van der Waals surface area contributed by atoms with Gasteiger partial charge in [0, 0.05) is 11.3 Å². The molecule has 0 atom stereocenters. The van der Waals surface area contributed by atoms with Gasteiger partial charge in [0.15, 0.2) is 11.5 Å². The maximum atomic E-state index is 6.58. The molecule has 2 aromatic heterocycles. The largest absolute Gasteiger partial charge is 0.490 e. The number of fused-ring (bicyclic) bond motifs is 3. The minimum atomic E-state index is 0.620. The molecule has 1 aromatic carbocycles. The second-order valence-corrected chi connectivity index (χ2v) is 8.19. The van der Waals surface area contributed by atoms with E-state index in [9.17, 15) is 0 Å². The number of hydrogen-bond acceptors (Lipinski definition) is 5. The van der Waals surface area contributed by atoms with Crippen LogP contribution >= 0.6 is 11.3 Å². The van der Waals surface area contributed by atoms with Gasteiger partial charge in [0.1, 0.15) is 5.39 Å². The molecular weight excluding hydrogens is 370 g/mol. The monoisotopic (exact) mass is 398 g/mol. The third-order valence-corrected chi connectivity index (χ3v) is 6.48. The molecule has 1 aliphatic rings. The first-order valence-corrected chi connectivity index (χ1v) is 11.0. The van der Waals surface area contributed by atoms with Crippen LogP contribution < -0.4 is 19.8 Å². The van der Waals surface area contributed by atoms with Gasteiger partial charge in [-0.2, -0.15) is 0 Å². The molecule has 0 spiro atoms. The molecule has 28 heavy (non-hydrogen) atoms. The van der Waals surface area contributed by atoms with Crippen LogP contribution in [-0.4, -0.2) is 18.2 Å². The average Bonchev–Trinajstić information content (AvgIpc) is 3.09. The Bertz CT molecular complexity index is 984. The lowest BCUT2D eigenvalue weighted by molar-refractivity contribution is -0.684. The van der Waals surface area contributed by atoms with Crippen LogP contribution in [0.3, 0.4) is 0 Å². The minimum absolute atomic E-state index is 0.620. The van der Waals surface area contributed by atoms with Crippen LogP contribution in [0, 0.1) is 0 Å². The first-order valence-electron chi connectivity index (χ1n) is 10.2. The summed E-state index contributed by atoms with van der Waals surface area (Å²) in [6, 6.07) is 6.17. The van der Waals surface area contributed by atoms with Crippen LogP contribution in [0.5, 0.6) is 11.5 Å². The summed E-state index contributed by atoms with van der Waals surface area (Å²) in [6.07, 6.45) is 7.57. The van der Waals surface area contributed by atoms with Crippen LogP contribution in [0.25, 0.3) is 10.2 Å². The van der Waals surface area contributed by atoms with Gasteiger partial charge < -0.3 is 15.2 Å². The smallest absolute Gasteiger partial charge is 0.231 e. The molecule has 5 nitrogen and oxygen atoms in total. The molecule has 6 heteroatoms. The molecule has 0 saturated heterocycles. The molecule has 148 valence electrons. The third-order valence-electron chi connectivity index (χ3n) is 5.28. The van der Waals surface area contributed by atoms with Gasteiger partial charge in [-0.05, 0) is 62.8 Å². The van der Waals surface area contributed by atoms with E-state index in [0.29, 0.717) is 13.2 Å². The summed E-state index contributed by atoms with van der Waals surface area (Å²) in [6.45, 7) is 6.01. The highest BCUT2D eigenvalue weighted by molar-refractivity contribution is 7.18. The molecular formula is C22H28N3O2S+. The highest BCUT2D eigenvalue weighted by atomic mass is 32.1. The summed E-state index contributed by atoms with van der Waals surface area (Å²) in [5, 5.41) is 1.18. The van der Waals surface area contributed by atoms with Crippen molar-refractivity contribution in [1.29, 1.82) is 0 Å². The van der Waals surface area contributed by atoms with Crippen molar-refractivity contribution in [2.75, 3.05) is 18.9 Å². The fraction of sp³-hybridized carbons (Fsp3) is 0.455. The van der Waals surface area contributed by atoms with E-state index in [-0.39, 0.29) is 0 Å². The van der Waals surface area contributed by atoms with E-state index in [1.54, 1.807) is 0 Å². The van der Waals surface area contributed by atoms with E-state index in [0.717, 1.165) is 41.5 Å². The minimum Gasteiger partial charge on any atom is -0.490 e. The summed E-state index contributed by atoms with van der Waals surface area (Å²) in [4.78, 5) is 7.26. The molecule has 0 saturated carbocycles. The predicted molar refractivity (Wildman–Crippen MR) is 113 cm³/mol. The van der Waals surface area contributed by atoms with Gasteiger partial charge in [-0.3, -0.25) is 0 Å². The molecule has 2 heterocycles. The fourth-order valence-electron chi connectivity index (χ4n) is 3.91. The Morgan fingerprint density at radius 2 is 1.89 bits per heavy atom. The molecule has 0 bridgehead atoms. The number of anilines is 1. The quantitative estimate of drug-likeness (QED) is 0.609. The van der Waals surface area contributed by atoms with E-state index >= 15 is 0 Å². The Morgan fingerprint density at radius 1 is 1.11 bits per heavy atom. The zero-order valence-electron chi connectivity index (χ0n) is 16.7. The SMILES string of the molecule is CCOc1ccc(CC[n+]2cnc3sc4c(c3c2N)CCCC4)cc1OCC. The molecule has 1 aliphatic carbocycles. The fourth-order valence-corrected chi connectivity index (χ4v) is 5.15. The highest BCUT2D eigenvalue weighted by Crippen LogP contribution is 2.37. The lowest BCUT2D eigenvalue weighted by Crippen LogP contribution is -2.38. The van der Waals surface area contributed by atoms with Crippen molar-refractivity contribution in [1.82, 2.24) is 4.98 Å². The van der Waals surface area contributed by atoms with Crippen molar-refractivity contribution in [2.45, 2.75) is 52.5 Å². The number of hydrogen-bond donors (Lipinski definition) is 1. The Kier molecular flexibility index (Phi) is 5.67. The van der Waals surface area contributed by atoms with Crippen molar-refractivity contribution in [3.63, 3.8) is 0 Å². The maximum absolute atomic E-state index is 6.58. The highest BCUT2D eigenvalue weighted by Gasteiger charge is 2.23. The van der Waals surface area contributed by atoms with E-state index in [4.69, 9.17) is 20.2 Å². The van der Waals surface area contributed by atoms with E-state index in [2.05, 4.69) is 16.7 Å². The second-order valence-electron chi connectivity index (χ2n) is 7.11. The Balaban J connectivity index is 1.57. The third kappa shape index (κ3) is 3.65. The van der Waals surface area contributed by atoms with Crippen LogP contribution in [-0.2, 0) is 25.8 Å². The topological polar surface area (TPSA) is 61.2 Å². The Morgan fingerprint density at radius 3 is 2.71 bits per heavy atom. The number of thiophene rings is 1. The van der Waals surface area contributed by atoms with Gasteiger partial charge >= 0.3 is 0 Å². The number of aryl methyl sites for hydroxylation is 4. The lowest BCUT2D eigenvalue weighted by atomic mass is 9.97. The second kappa shape index (κ2) is 8.35. The summed E-state index contributed by atoms with van der Waals surface area (Å²) in [7, 11) is 0. The van der Waals surface area contributed by atoms with Gasteiger partial charge in [-0.15, -0.1) is 11.3 Å². The number of aromatic nitrogens is 2. The van der Waals surface area contributed by atoms with Gasteiger partial charge in [0.25, 0.3) is 0 Å². The molecule has 0 aliphatic heterocycles. The number of nitrogens with zero attached hydrogens (tertiary/aromatic N) is 2. The zero-order chi connectivity index (χ0) is 19.5. The molecule has 0 amide bonds. The van der Waals surface area contributed by atoms with Gasteiger partial charge in [0.05, 0.1) is 19.8 Å². The summed E-state index contributed by atoms with van der Waals surface area (Å²) >= 11 is 1.82. The van der Waals surface area contributed by atoms with Crippen molar-refractivity contribution in [2.24, 2.45) is 0 Å². The number of nitrogen functional groups attached to an aromatic ring is 1. The van der Waals surface area contributed by atoms with Crippen molar-refractivity contribution in [3.8, 4) is 11.5 Å². The number of ether oxygens (including phenoxy) is 2. The molecule has 4 rings (SSSR count). The lowest BCUT2D eigenvalue weighted by Gasteiger charge is -2.13. The van der Waals surface area contributed by atoms with Crippen molar-refractivity contribution < 1.29 is 14.0 Å². The van der Waals surface area contributed by atoms with E-state index < -0.39 is 0 Å². The van der Waals surface area contributed by atoms with Crippen LogP contribution in [0.1, 0.15) is 42.7 Å². The summed E-state index contributed by atoms with van der Waals surface area (Å²) in [5.74, 6) is 2.45. The van der Waals surface area contributed by atoms with Crippen molar-refractivity contribution in [3.05, 3.63) is 40.5 Å². The number of nitrogens with two attached hydrogens (primary N) is 1. The Labute approximate surface area is 170 Å². The van der Waals surface area contributed by atoms with Gasteiger partial charge in [0.2, 0.25) is 17.0 Å². The number of rotatable bonds is 7. The summed E-state index contributed by atoms with van der Waals surface area (Å²) < 4.78 is 13.5. The zero-order valence-corrected chi connectivity index (χ0v) is 17.5. The van der Waals surface area contributed by atoms with Crippen LogP contribution in [0.4, 0.5) is 5.82 Å². The van der Waals surface area contributed by atoms with Gasteiger partial charge in [-0.25, -0.2) is 4.57 Å². The normalized spacial score (nSPS) is 13.5. The maximum Gasteiger partial charge on any atom is 0.231 e. The van der Waals surface area contributed by atoms with E-state index in [1.165, 1.54) is 40.7 Å². The molecule has 0 unspecified atom stereocenters. The molecule has 3 aromatic rings. The van der Waals surface area contributed by atoms with E-state index in [1.807, 2.05) is 37.6 Å².